The number of nitrogens with two attached hydrogens (primary N) is 1. The number of carbonyl (C=O) groups excluding carboxylic acids is 3. The van der Waals surface area contributed by atoms with E-state index in [-0.39, 0.29) is 41.6 Å². The van der Waals surface area contributed by atoms with Crippen LogP contribution in [0.2, 0.25) is 0 Å². The molecule has 0 heterocycles. The van der Waals surface area contributed by atoms with E-state index in [0.29, 0.717) is 5.92 Å². The van der Waals surface area contributed by atoms with Crippen LogP contribution in [0.1, 0.15) is 49.3 Å². The van der Waals surface area contributed by atoms with Crippen molar-refractivity contribution in [1.82, 2.24) is 9.80 Å². The molecule has 10 nitrogen and oxygen atoms in total. The first-order valence-corrected chi connectivity index (χ1v) is 13.7. The standard InChI is InChI=1S/C29H36FN3O7/c1-4-7-33(11-13-5-6-13)12-15-10-18(34)20-16(22(15)30)8-14-9-17-23(32(2)3)25(36)21(28(31)39)27(38)29(17,40)26(37)19(14)24(20)35/h10,13-14,17,23,34-35,38,40H,4-9,11-12H2,1-3H3,(H2,31,39)/t14-,17-,23-,29-/m0/s1. The molecule has 5 rings (SSSR count). The molecule has 4 atom stereocenters. The molecule has 11 heteroatoms. The number of phenols is 1. The summed E-state index contributed by atoms with van der Waals surface area (Å²) in [6.45, 7) is 3.93. The van der Waals surface area contributed by atoms with Crippen LogP contribution in [0.3, 0.4) is 0 Å². The van der Waals surface area contributed by atoms with Gasteiger partial charge >= 0.3 is 0 Å². The number of aromatic hydroxyl groups is 1. The summed E-state index contributed by atoms with van der Waals surface area (Å²) in [5.41, 5.74) is 1.55. The van der Waals surface area contributed by atoms with Crippen LogP contribution in [-0.4, -0.2) is 86.5 Å². The number of hydrogen-bond donors (Lipinski definition) is 5. The lowest BCUT2D eigenvalue weighted by Gasteiger charge is -2.50. The molecule has 0 unspecified atom stereocenters. The zero-order chi connectivity index (χ0) is 29.3. The van der Waals surface area contributed by atoms with Crippen LogP contribution < -0.4 is 5.73 Å². The van der Waals surface area contributed by atoms with Gasteiger partial charge in [0.2, 0.25) is 5.78 Å². The molecule has 0 spiro atoms. The summed E-state index contributed by atoms with van der Waals surface area (Å²) >= 11 is 0. The van der Waals surface area contributed by atoms with E-state index < -0.39 is 69.6 Å². The van der Waals surface area contributed by atoms with Gasteiger partial charge in [0, 0.05) is 35.7 Å². The third-order valence-electron chi connectivity index (χ3n) is 8.88. The summed E-state index contributed by atoms with van der Waals surface area (Å²) in [7, 11) is 3.06. The summed E-state index contributed by atoms with van der Waals surface area (Å²) < 4.78 is 16.0. The Morgan fingerprint density at radius 1 is 1.20 bits per heavy atom. The molecule has 0 saturated heterocycles. The molecule has 1 aromatic rings. The van der Waals surface area contributed by atoms with Crippen LogP contribution in [-0.2, 0) is 27.3 Å². The molecule has 4 aliphatic rings. The highest BCUT2D eigenvalue weighted by Gasteiger charge is 2.64. The molecule has 0 radical (unpaired) electrons. The van der Waals surface area contributed by atoms with Crippen molar-refractivity contribution in [3.05, 3.63) is 45.5 Å². The maximum absolute atomic E-state index is 16.0. The molecule has 0 aromatic heterocycles. The highest BCUT2D eigenvalue weighted by Crippen LogP contribution is 2.53. The van der Waals surface area contributed by atoms with E-state index in [1.165, 1.54) is 25.1 Å². The van der Waals surface area contributed by atoms with E-state index in [1.807, 2.05) is 6.92 Å². The molecule has 0 bridgehead atoms. The zero-order valence-electron chi connectivity index (χ0n) is 22.9. The number of benzene rings is 1. The van der Waals surface area contributed by atoms with Crippen molar-refractivity contribution in [2.75, 3.05) is 27.2 Å². The summed E-state index contributed by atoms with van der Waals surface area (Å²) in [6.07, 6.45) is 3.02. The van der Waals surface area contributed by atoms with E-state index in [9.17, 15) is 34.8 Å². The van der Waals surface area contributed by atoms with Crippen LogP contribution in [0.5, 0.6) is 5.75 Å². The summed E-state index contributed by atoms with van der Waals surface area (Å²) in [5.74, 6) is -7.49. The highest BCUT2D eigenvalue weighted by atomic mass is 19.1. The number of ketones is 2. The molecule has 2 fully saturated rings. The lowest BCUT2D eigenvalue weighted by molar-refractivity contribution is -0.153. The Balaban J connectivity index is 1.61. The Morgan fingerprint density at radius 3 is 2.45 bits per heavy atom. The molecular weight excluding hydrogens is 521 g/mol. The fourth-order valence-corrected chi connectivity index (χ4v) is 6.92. The van der Waals surface area contributed by atoms with Crippen LogP contribution >= 0.6 is 0 Å². The van der Waals surface area contributed by atoms with Gasteiger partial charge in [-0.1, -0.05) is 6.92 Å². The number of aliphatic hydroxyl groups is 3. The highest BCUT2D eigenvalue weighted by molar-refractivity contribution is 6.24. The molecule has 40 heavy (non-hydrogen) atoms. The van der Waals surface area contributed by atoms with Gasteiger partial charge in [0.25, 0.3) is 5.91 Å². The Bertz CT molecular complexity index is 1370. The van der Waals surface area contributed by atoms with E-state index in [4.69, 9.17) is 5.73 Å². The summed E-state index contributed by atoms with van der Waals surface area (Å²) in [6, 6.07) is 0.0716. The number of fused-ring (bicyclic) bond motifs is 3. The average molecular weight is 558 g/mol. The Kier molecular flexibility index (Phi) is 7.04. The quantitative estimate of drug-likeness (QED) is 0.299. The number of hydrogen-bond acceptors (Lipinski definition) is 9. The minimum atomic E-state index is -2.72. The predicted octanol–water partition coefficient (Wildman–Crippen LogP) is 1.73. The van der Waals surface area contributed by atoms with Crippen molar-refractivity contribution < 1.29 is 39.2 Å². The number of Topliss-reactive ketones (excluding diaryl/α,β-unsaturated/α-hetero) is 2. The second kappa shape index (κ2) is 9.97. The van der Waals surface area contributed by atoms with Crippen molar-refractivity contribution in [3.8, 4) is 5.75 Å². The molecular formula is C29H36FN3O7. The third kappa shape index (κ3) is 4.22. The fourth-order valence-electron chi connectivity index (χ4n) is 6.92. The third-order valence-corrected chi connectivity index (χ3v) is 8.88. The molecule has 2 saturated carbocycles. The molecule has 1 amide bonds. The first-order chi connectivity index (χ1) is 18.8. The Labute approximate surface area is 231 Å². The second-order valence-electron chi connectivity index (χ2n) is 11.9. The Hall–Kier alpha value is -3.28. The van der Waals surface area contributed by atoms with Gasteiger partial charge in [-0.2, -0.15) is 0 Å². The van der Waals surface area contributed by atoms with Crippen LogP contribution in [0.4, 0.5) is 4.39 Å². The topological polar surface area (TPSA) is 165 Å². The number of amides is 1. The molecule has 0 aliphatic heterocycles. The van der Waals surface area contributed by atoms with Gasteiger partial charge in [-0.3, -0.25) is 24.2 Å². The van der Waals surface area contributed by atoms with Gasteiger partial charge in [-0.25, -0.2) is 4.39 Å². The number of phenolic OH excluding ortho intramolecular Hbond substituents is 1. The number of nitrogens with zero attached hydrogens (tertiary/aromatic N) is 2. The molecule has 6 N–H and O–H groups in total. The van der Waals surface area contributed by atoms with Gasteiger partial charge in [-0.05, 0) is 70.6 Å². The van der Waals surface area contributed by atoms with Gasteiger partial charge in [-0.15, -0.1) is 0 Å². The van der Waals surface area contributed by atoms with Crippen LogP contribution in [0.25, 0.3) is 5.76 Å². The lowest BCUT2D eigenvalue weighted by atomic mass is 9.57. The SMILES string of the molecule is CCCN(Cc1cc(O)c2c(c1F)C[C@H]1C[C@H]3[C@H](N(C)C)C(=O)C(C(N)=O)=C(O)[C@@]3(O)C(=O)C1=C2O)CC1CC1. The Morgan fingerprint density at radius 2 is 1.88 bits per heavy atom. The normalized spacial score (nSPS) is 28.2. The molecule has 216 valence electrons. The van der Waals surface area contributed by atoms with Gasteiger partial charge in [0.1, 0.15) is 28.7 Å². The predicted molar refractivity (Wildman–Crippen MR) is 142 cm³/mol. The van der Waals surface area contributed by atoms with Gasteiger partial charge in [0.05, 0.1) is 11.6 Å². The maximum Gasteiger partial charge on any atom is 0.255 e. The number of halogens is 1. The number of likely N-dealkylation sites (N-methyl/N-ethyl adjacent to an activating group) is 1. The van der Waals surface area contributed by atoms with E-state index in [2.05, 4.69) is 4.90 Å². The van der Waals surface area contributed by atoms with Crippen LogP contribution in [0, 0.1) is 23.6 Å². The zero-order valence-corrected chi connectivity index (χ0v) is 22.9. The minimum absolute atomic E-state index is 0.0588. The van der Waals surface area contributed by atoms with E-state index in [0.717, 1.165) is 32.4 Å². The van der Waals surface area contributed by atoms with Crippen LogP contribution in [0.15, 0.2) is 23.0 Å². The summed E-state index contributed by atoms with van der Waals surface area (Å²) in [5, 5.41) is 44.7. The van der Waals surface area contributed by atoms with Gasteiger partial charge in [0.15, 0.2) is 11.4 Å². The number of aliphatic hydroxyl groups excluding tert-OH is 2. The van der Waals surface area contributed by atoms with Crippen molar-refractivity contribution in [1.29, 1.82) is 0 Å². The van der Waals surface area contributed by atoms with Crippen molar-refractivity contribution >= 4 is 23.2 Å². The number of carbonyl (C=O) groups is 3. The van der Waals surface area contributed by atoms with Gasteiger partial charge < -0.3 is 26.2 Å². The van der Waals surface area contributed by atoms with Crippen molar-refractivity contribution in [2.45, 2.75) is 57.2 Å². The first kappa shape index (κ1) is 28.3. The van der Waals surface area contributed by atoms with E-state index >= 15 is 4.39 Å². The maximum atomic E-state index is 16.0. The number of rotatable bonds is 8. The fraction of sp³-hybridized carbons (Fsp3) is 0.552. The average Bonchev–Trinajstić information content (AvgIpc) is 3.68. The minimum Gasteiger partial charge on any atom is -0.508 e. The molecule has 1 aromatic carbocycles. The first-order valence-electron chi connectivity index (χ1n) is 13.7. The monoisotopic (exact) mass is 557 g/mol. The number of primary amides is 1. The smallest absolute Gasteiger partial charge is 0.255 e. The summed E-state index contributed by atoms with van der Waals surface area (Å²) in [4.78, 5) is 42.7. The van der Waals surface area contributed by atoms with Crippen molar-refractivity contribution in [3.63, 3.8) is 0 Å². The lowest BCUT2D eigenvalue weighted by Crippen LogP contribution is -2.65. The van der Waals surface area contributed by atoms with Crippen molar-refractivity contribution in [2.24, 2.45) is 23.5 Å². The second-order valence-corrected chi connectivity index (χ2v) is 11.9. The van der Waals surface area contributed by atoms with E-state index in [1.54, 1.807) is 0 Å². The molecule has 4 aliphatic carbocycles. The largest absolute Gasteiger partial charge is 0.508 e.